The second-order valence-electron chi connectivity index (χ2n) is 7.31. The Kier molecular flexibility index (Phi) is 6.45. The van der Waals surface area contributed by atoms with Crippen LogP contribution in [0.25, 0.3) is 0 Å². The van der Waals surface area contributed by atoms with Gasteiger partial charge in [-0.25, -0.2) is 9.78 Å². The van der Waals surface area contributed by atoms with Gasteiger partial charge >= 0.3 is 6.03 Å². The molecule has 1 aromatic rings. The van der Waals surface area contributed by atoms with Crippen molar-refractivity contribution < 1.29 is 9.59 Å². The SMILES string of the molecule is Cc1sc(NC(=O)N(C2CCCCC2)C2CCCCC2)nc1CC=O. The highest BCUT2D eigenvalue weighted by molar-refractivity contribution is 7.15. The number of carbonyl (C=O) groups is 2. The molecule has 0 saturated heterocycles. The van der Waals surface area contributed by atoms with Gasteiger partial charge in [-0.15, -0.1) is 11.3 Å². The van der Waals surface area contributed by atoms with E-state index in [1.807, 2.05) is 6.92 Å². The largest absolute Gasteiger partial charge is 0.324 e. The van der Waals surface area contributed by atoms with E-state index in [1.54, 1.807) is 0 Å². The van der Waals surface area contributed by atoms with Crippen LogP contribution in [0.4, 0.5) is 9.93 Å². The summed E-state index contributed by atoms with van der Waals surface area (Å²) in [7, 11) is 0. The molecule has 0 aromatic carbocycles. The molecule has 3 rings (SSSR count). The number of thiazole rings is 1. The molecule has 2 aliphatic carbocycles. The number of aldehydes is 1. The van der Waals surface area contributed by atoms with Crippen LogP contribution >= 0.6 is 11.3 Å². The third-order valence-electron chi connectivity index (χ3n) is 5.55. The summed E-state index contributed by atoms with van der Waals surface area (Å²) in [5.41, 5.74) is 0.775. The van der Waals surface area contributed by atoms with Crippen molar-refractivity contribution >= 4 is 28.8 Å². The van der Waals surface area contributed by atoms with Crippen LogP contribution in [-0.2, 0) is 11.2 Å². The molecule has 2 saturated carbocycles. The number of aryl methyl sites for hydroxylation is 1. The minimum Gasteiger partial charge on any atom is -0.319 e. The Labute approximate surface area is 154 Å². The number of rotatable bonds is 5. The van der Waals surface area contributed by atoms with Gasteiger partial charge in [0.2, 0.25) is 0 Å². The Balaban J connectivity index is 1.73. The molecule has 0 atom stereocenters. The second-order valence-corrected chi connectivity index (χ2v) is 8.52. The fourth-order valence-electron chi connectivity index (χ4n) is 4.25. The molecule has 2 aliphatic rings. The Morgan fingerprint density at radius 2 is 1.68 bits per heavy atom. The first kappa shape index (κ1) is 18.4. The van der Waals surface area contributed by atoms with Gasteiger partial charge in [-0.1, -0.05) is 38.5 Å². The Hall–Kier alpha value is -1.43. The van der Waals surface area contributed by atoms with E-state index in [0.717, 1.165) is 42.5 Å². The van der Waals surface area contributed by atoms with Crippen LogP contribution in [0.15, 0.2) is 0 Å². The summed E-state index contributed by atoms with van der Waals surface area (Å²) < 4.78 is 0. The molecular formula is C19H29N3O2S. The Morgan fingerprint density at radius 3 is 2.20 bits per heavy atom. The minimum atomic E-state index is 0.00482. The standard InChI is InChI=1S/C19H29N3O2S/c1-14-17(12-13-23)20-18(25-14)21-19(24)22(15-8-4-2-5-9-15)16-10-6-3-7-11-16/h13,15-16H,2-12H2,1H3,(H,20,21,24). The van der Waals surface area contributed by atoms with E-state index in [-0.39, 0.29) is 6.03 Å². The number of anilines is 1. The van der Waals surface area contributed by atoms with Crippen molar-refractivity contribution in [1.29, 1.82) is 0 Å². The van der Waals surface area contributed by atoms with Gasteiger partial charge in [-0.05, 0) is 32.6 Å². The van der Waals surface area contributed by atoms with Crippen molar-refractivity contribution in [3.8, 4) is 0 Å². The number of hydrogen-bond donors (Lipinski definition) is 1. The molecule has 1 heterocycles. The van der Waals surface area contributed by atoms with Gasteiger partial charge in [0.15, 0.2) is 5.13 Å². The van der Waals surface area contributed by atoms with Gasteiger partial charge in [0, 0.05) is 23.4 Å². The molecule has 1 N–H and O–H groups in total. The van der Waals surface area contributed by atoms with E-state index in [0.29, 0.717) is 23.6 Å². The topological polar surface area (TPSA) is 62.3 Å². The summed E-state index contributed by atoms with van der Waals surface area (Å²) >= 11 is 1.46. The highest BCUT2D eigenvalue weighted by Crippen LogP contribution is 2.31. The number of hydrogen-bond acceptors (Lipinski definition) is 4. The molecule has 0 spiro atoms. The monoisotopic (exact) mass is 363 g/mol. The van der Waals surface area contributed by atoms with Crippen molar-refractivity contribution in [3.63, 3.8) is 0 Å². The Morgan fingerprint density at radius 1 is 1.12 bits per heavy atom. The van der Waals surface area contributed by atoms with Crippen molar-refractivity contribution in [1.82, 2.24) is 9.88 Å². The van der Waals surface area contributed by atoms with Gasteiger partial charge in [0.1, 0.15) is 6.29 Å². The van der Waals surface area contributed by atoms with E-state index in [1.165, 1.54) is 49.9 Å². The van der Waals surface area contributed by atoms with E-state index in [2.05, 4.69) is 15.2 Å². The van der Waals surface area contributed by atoms with Crippen LogP contribution in [0.2, 0.25) is 0 Å². The zero-order valence-electron chi connectivity index (χ0n) is 15.1. The normalized spacial score (nSPS) is 19.6. The number of nitrogens with zero attached hydrogens (tertiary/aromatic N) is 2. The average molecular weight is 364 g/mol. The van der Waals surface area contributed by atoms with Crippen LogP contribution in [0.5, 0.6) is 0 Å². The Bertz CT molecular complexity index is 571. The average Bonchev–Trinajstić information content (AvgIpc) is 2.96. The predicted octanol–water partition coefficient (Wildman–Crippen LogP) is 4.69. The molecule has 138 valence electrons. The van der Waals surface area contributed by atoms with Crippen molar-refractivity contribution in [2.45, 2.75) is 89.6 Å². The number of urea groups is 1. The molecule has 2 fully saturated rings. The number of aromatic nitrogens is 1. The van der Waals surface area contributed by atoms with Crippen LogP contribution in [0, 0.1) is 6.92 Å². The number of amides is 2. The summed E-state index contributed by atoms with van der Waals surface area (Å²) in [5.74, 6) is 0. The van der Waals surface area contributed by atoms with Gasteiger partial charge < -0.3 is 9.69 Å². The van der Waals surface area contributed by atoms with Crippen molar-refractivity contribution in [3.05, 3.63) is 10.6 Å². The maximum atomic E-state index is 13.1. The van der Waals surface area contributed by atoms with Gasteiger partial charge in [-0.2, -0.15) is 0 Å². The predicted molar refractivity (Wildman–Crippen MR) is 101 cm³/mol. The molecule has 0 aliphatic heterocycles. The van der Waals surface area contributed by atoms with Crippen LogP contribution in [-0.4, -0.2) is 34.3 Å². The van der Waals surface area contributed by atoms with Gasteiger partial charge in [-0.3, -0.25) is 5.32 Å². The first-order chi connectivity index (χ1) is 12.2. The molecular weight excluding hydrogens is 334 g/mol. The van der Waals surface area contributed by atoms with Crippen LogP contribution in [0.3, 0.4) is 0 Å². The summed E-state index contributed by atoms with van der Waals surface area (Å²) in [5, 5.41) is 3.66. The quantitative estimate of drug-likeness (QED) is 0.772. The summed E-state index contributed by atoms with van der Waals surface area (Å²) in [6.45, 7) is 1.95. The molecule has 6 heteroatoms. The smallest absolute Gasteiger partial charge is 0.319 e. The zero-order chi connectivity index (χ0) is 17.6. The first-order valence-corrected chi connectivity index (χ1v) is 10.5. The molecule has 2 amide bonds. The highest BCUT2D eigenvalue weighted by atomic mass is 32.1. The van der Waals surface area contributed by atoms with E-state index in [4.69, 9.17) is 0 Å². The molecule has 25 heavy (non-hydrogen) atoms. The number of carbonyl (C=O) groups excluding carboxylic acids is 2. The van der Waals surface area contributed by atoms with E-state index < -0.39 is 0 Å². The lowest BCUT2D eigenvalue weighted by Gasteiger charge is -2.41. The van der Waals surface area contributed by atoms with Gasteiger partial charge in [0.05, 0.1) is 5.69 Å². The fourth-order valence-corrected chi connectivity index (χ4v) is 5.09. The van der Waals surface area contributed by atoms with E-state index in [9.17, 15) is 9.59 Å². The molecule has 0 bridgehead atoms. The third kappa shape index (κ3) is 4.60. The summed E-state index contributed by atoms with van der Waals surface area (Å²) in [6, 6.07) is 0.741. The lowest BCUT2D eigenvalue weighted by atomic mass is 9.89. The van der Waals surface area contributed by atoms with E-state index >= 15 is 0 Å². The van der Waals surface area contributed by atoms with Gasteiger partial charge in [0.25, 0.3) is 0 Å². The number of nitrogens with one attached hydrogen (secondary N) is 1. The lowest BCUT2D eigenvalue weighted by molar-refractivity contribution is -0.107. The maximum absolute atomic E-state index is 13.1. The molecule has 0 radical (unpaired) electrons. The third-order valence-corrected chi connectivity index (χ3v) is 6.48. The summed E-state index contributed by atoms with van der Waals surface area (Å²) in [4.78, 5) is 31.4. The minimum absolute atomic E-state index is 0.00482. The maximum Gasteiger partial charge on any atom is 0.324 e. The summed E-state index contributed by atoms with van der Waals surface area (Å²) in [6.07, 6.45) is 13.1. The second kappa shape index (κ2) is 8.79. The highest BCUT2D eigenvalue weighted by Gasteiger charge is 2.32. The zero-order valence-corrected chi connectivity index (χ0v) is 15.9. The van der Waals surface area contributed by atoms with Crippen LogP contribution in [0.1, 0.15) is 74.8 Å². The molecule has 5 nitrogen and oxygen atoms in total. The van der Waals surface area contributed by atoms with Crippen molar-refractivity contribution in [2.75, 3.05) is 5.32 Å². The molecule has 0 unspecified atom stereocenters. The molecule has 1 aromatic heterocycles. The van der Waals surface area contributed by atoms with Crippen molar-refractivity contribution in [2.24, 2.45) is 0 Å². The first-order valence-electron chi connectivity index (χ1n) is 9.68. The van der Waals surface area contributed by atoms with Crippen LogP contribution < -0.4 is 5.32 Å². The lowest BCUT2D eigenvalue weighted by Crippen LogP contribution is -2.50. The fraction of sp³-hybridized carbons (Fsp3) is 0.737.